The summed E-state index contributed by atoms with van der Waals surface area (Å²) in [6, 6.07) is 17.5. The lowest BCUT2D eigenvalue weighted by atomic mass is 9.80. The quantitative estimate of drug-likeness (QED) is 0.319. The molecule has 7 nitrogen and oxygen atoms in total. The fourth-order valence-electron chi connectivity index (χ4n) is 4.54. The van der Waals surface area contributed by atoms with E-state index < -0.39 is 7.94 Å². The molecule has 0 saturated carbocycles. The number of nitrogens with one attached hydrogen (secondary N) is 1. The lowest BCUT2D eigenvalue weighted by Crippen LogP contribution is -2.46. The number of thiophene rings is 1. The molecule has 9 heteroatoms. The van der Waals surface area contributed by atoms with Gasteiger partial charge in [0, 0.05) is 29.1 Å². The van der Waals surface area contributed by atoms with E-state index in [0.717, 1.165) is 42.9 Å². The molecule has 2 aliphatic rings. The van der Waals surface area contributed by atoms with Crippen molar-refractivity contribution in [1.29, 1.82) is 0 Å². The number of benzene rings is 2. The third kappa shape index (κ3) is 5.75. The molecule has 0 bridgehead atoms. The number of anilines is 2. The van der Waals surface area contributed by atoms with Crippen LogP contribution in [0.2, 0.25) is 0 Å². The minimum absolute atomic E-state index is 0.0172. The maximum absolute atomic E-state index is 12.9. The lowest BCUT2D eigenvalue weighted by Gasteiger charge is -2.47. The molecule has 1 spiro atoms. The average molecular weight is 513 g/mol. The molecular formula is C26H31N3O4PS. The summed E-state index contributed by atoms with van der Waals surface area (Å²) in [7, 11) is -2.60. The third-order valence-electron chi connectivity index (χ3n) is 6.87. The zero-order chi connectivity index (χ0) is 24.5. The highest BCUT2D eigenvalue weighted by atomic mass is 32.1. The van der Waals surface area contributed by atoms with E-state index in [4.69, 9.17) is 14.8 Å². The van der Waals surface area contributed by atoms with E-state index in [9.17, 15) is 9.69 Å². The molecule has 0 aliphatic carbocycles. The van der Waals surface area contributed by atoms with Crippen LogP contribution in [0.15, 0.2) is 60.0 Å². The summed E-state index contributed by atoms with van der Waals surface area (Å²) >= 11 is 1.65. The number of rotatable bonds is 5. The minimum Gasteiger partial charge on any atom is -0.397 e. The fourth-order valence-corrected chi connectivity index (χ4v) is 6.37. The Morgan fingerprint density at radius 2 is 1.86 bits per heavy atom. The van der Waals surface area contributed by atoms with Crippen LogP contribution in [-0.4, -0.2) is 48.7 Å². The molecule has 35 heavy (non-hydrogen) atoms. The van der Waals surface area contributed by atoms with Crippen LogP contribution in [0.4, 0.5) is 11.4 Å². The SMILES string of the molecule is C[P]1(O)OCC2(CCN(Cc3ccc(C(=O)Nc4cc(-c5cccs5)ccc4N)cc3)CC2)CO1. The monoisotopic (exact) mass is 512 g/mol. The fraction of sp³-hybridized carbons (Fsp3) is 0.346. The maximum atomic E-state index is 12.9. The third-order valence-corrected chi connectivity index (χ3v) is 9.00. The molecular weight excluding hydrogens is 481 g/mol. The molecule has 2 aromatic carbocycles. The van der Waals surface area contributed by atoms with Gasteiger partial charge in [-0.1, -0.05) is 24.3 Å². The number of hydrogen-bond donors (Lipinski definition) is 3. The average Bonchev–Trinajstić information content (AvgIpc) is 3.40. The van der Waals surface area contributed by atoms with Gasteiger partial charge in [-0.05, 0) is 72.8 Å². The number of likely N-dealkylation sites (tertiary alicyclic amines) is 1. The van der Waals surface area contributed by atoms with Crippen LogP contribution in [0.3, 0.4) is 0 Å². The predicted octanol–water partition coefficient (Wildman–Crippen LogP) is 5.26. The molecule has 1 aromatic heterocycles. The standard InChI is InChI=1S/C26H31N3O4PS/c1-34(31)32-17-26(18-33-34)10-12-29(13-11-26)16-19-4-6-20(7-5-19)25(30)28-23-15-21(8-9-22(23)27)24-3-2-14-35-24/h2-9,14-15,31H,10-13,16-18,27H2,1H3,(H,28,30). The number of hydrogen-bond acceptors (Lipinski definition) is 7. The van der Waals surface area contributed by atoms with Gasteiger partial charge in [-0.25, -0.2) is 0 Å². The van der Waals surface area contributed by atoms with Crippen LogP contribution in [0, 0.1) is 5.41 Å². The first-order valence-electron chi connectivity index (χ1n) is 11.8. The molecule has 1 radical (unpaired) electrons. The molecule has 4 N–H and O–H groups in total. The molecule has 185 valence electrons. The van der Waals surface area contributed by atoms with Gasteiger partial charge < -0.3 is 25.0 Å². The molecule has 2 saturated heterocycles. The first-order chi connectivity index (χ1) is 16.8. The van der Waals surface area contributed by atoms with Crippen LogP contribution in [0.5, 0.6) is 0 Å². The second kappa shape index (κ2) is 9.97. The number of piperidine rings is 1. The number of carbonyl (C=O) groups excluding carboxylic acids is 1. The number of nitrogens with zero attached hydrogens (tertiary/aromatic N) is 1. The van der Waals surface area contributed by atoms with Gasteiger partial charge in [0.1, 0.15) is 0 Å². The number of amides is 1. The van der Waals surface area contributed by atoms with Crippen molar-refractivity contribution in [1.82, 2.24) is 4.90 Å². The van der Waals surface area contributed by atoms with Crippen molar-refractivity contribution in [3.05, 3.63) is 71.1 Å². The van der Waals surface area contributed by atoms with Gasteiger partial charge in [0.25, 0.3) is 5.91 Å². The first kappa shape index (κ1) is 24.4. The van der Waals surface area contributed by atoms with Crippen LogP contribution < -0.4 is 11.1 Å². The smallest absolute Gasteiger partial charge is 0.255 e. The summed E-state index contributed by atoms with van der Waals surface area (Å²) in [5, 5.41) is 4.99. The van der Waals surface area contributed by atoms with E-state index in [1.54, 1.807) is 18.0 Å². The Bertz CT molecular complexity index is 1160. The zero-order valence-electron chi connectivity index (χ0n) is 19.8. The summed E-state index contributed by atoms with van der Waals surface area (Å²) in [5.74, 6) is -0.178. The Kier molecular flexibility index (Phi) is 6.95. The Hall–Kier alpha value is -2.32. The van der Waals surface area contributed by atoms with Crippen molar-refractivity contribution in [3.63, 3.8) is 0 Å². The van der Waals surface area contributed by atoms with Crippen molar-refractivity contribution < 1.29 is 18.7 Å². The van der Waals surface area contributed by atoms with Gasteiger partial charge in [-0.2, -0.15) is 0 Å². The summed E-state index contributed by atoms with van der Waals surface area (Å²) in [6.45, 7) is 5.54. The van der Waals surface area contributed by atoms with Crippen LogP contribution in [-0.2, 0) is 15.6 Å². The molecule has 5 rings (SSSR count). The van der Waals surface area contributed by atoms with E-state index in [1.165, 1.54) is 5.56 Å². The van der Waals surface area contributed by atoms with Crippen LogP contribution in [0.1, 0.15) is 28.8 Å². The van der Waals surface area contributed by atoms with E-state index in [1.807, 2.05) is 60.0 Å². The first-order valence-corrected chi connectivity index (χ1v) is 14.7. The number of carbonyl (C=O) groups is 1. The molecule has 2 aliphatic heterocycles. The van der Waals surface area contributed by atoms with Crippen molar-refractivity contribution in [2.24, 2.45) is 5.41 Å². The van der Waals surface area contributed by atoms with Crippen molar-refractivity contribution in [3.8, 4) is 10.4 Å². The van der Waals surface area contributed by atoms with E-state index in [0.29, 0.717) is 30.2 Å². The van der Waals surface area contributed by atoms with Gasteiger partial charge >= 0.3 is 0 Å². The molecule has 0 unspecified atom stereocenters. The summed E-state index contributed by atoms with van der Waals surface area (Å²) in [5.41, 5.74) is 10.1. The highest BCUT2D eigenvalue weighted by Gasteiger charge is 2.42. The summed E-state index contributed by atoms with van der Waals surface area (Å²) in [6.07, 6.45) is 1.97. The number of nitrogens with two attached hydrogens (primary N) is 1. The summed E-state index contributed by atoms with van der Waals surface area (Å²) in [4.78, 5) is 26.4. The van der Waals surface area contributed by atoms with E-state index >= 15 is 0 Å². The maximum Gasteiger partial charge on any atom is 0.255 e. The molecule has 2 fully saturated rings. The second-order valence-corrected chi connectivity index (χ2v) is 12.6. The molecule has 3 aromatic rings. The van der Waals surface area contributed by atoms with E-state index in [-0.39, 0.29) is 11.3 Å². The summed E-state index contributed by atoms with van der Waals surface area (Å²) < 4.78 is 11.2. The van der Waals surface area contributed by atoms with Crippen LogP contribution in [0.25, 0.3) is 10.4 Å². The predicted molar refractivity (Wildman–Crippen MR) is 142 cm³/mol. The van der Waals surface area contributed by atoms with Gasteiger partial charge in [0.15, 0.2) is 0 Å². The largest absolute Gasteiger partial charge is 0.397 e. The Labute approximate surface area is 210 Å². The van der Waals surface area contributed by atoms with E-state index in [2.05, 4.69) is 10.2 Å². The van der Waals surface area contributed by atoms with Crippen LogP contribution >= 0.6 is 19.3 Å². The lowest BCUT2D eigenvalue weighted by molar-refractivity contribution is -0.0350. The van der Waals surface area contributed by atoms with Crippen molar-refractivity contribution in [2.75, 3.05) is 44.0 Å². The van der Waals surface area contributed by atoms with Crippen molar-refractivity contribution >= 4 is 36.6 Å². The van der Waals surface area contributed by atoms with Gasteiger partial charge in [-0.3, -0.25) is 9.69 Å². The van der Waals surface area contributed by atoms with Gasteiger partial charge in [0.05, 0.1) is 24.6 Å². The number of nitrogen functional groups attached to an aromatic ring is 1. The Morgan fingerprint density at radius 1 is 1.14 bits per heavy atom. The molecule has 0 atom stereocenters. The highest BCUT2D eigenvalue weighted by molar-refractivity contribution is 7.59. The Balaban J connectivity index is 1.16. The molecule has 3 heterocycles. The topological polar surface area (TPSA) is 97.1 Å². The van der Waals surface area contributed by atoms with Gasteiger partial charge in [0.2, 0.25) is 7.94 Å². The normalized spacial score (nSPS) is 19.5. The highest BCUT2D eigenvalue weighted by Crippen LogP contribution is 2.59. The second-order valence-electron chi connectivity index (χ2n) is 9.56. The molecule has 1 amide bonds. The van der Waals surface area contributed by atoms with Gasteiger partial charge in [-0.15, -0.1) is 11.3 Å². The minimum atomic E-state index is -2.60. The van der Waals surface area contributed by atoms with Crippen molar-refractivity contribution in [2.45, 2.75) is 19.4 Å². The Morgan fingerprint density at radius 3 is 2.51 bits per heavy atom. The zero-order valence-corrected chi connectivity index (χ0v) is 21.5.